The standard InChI is InChI=1S/C15H30N6/c1-7-10-16-13-18-14(20-15(19-13)21(5)6)17-12(4)9-8-11(2)3/h11-12H,7-10H2,1-6H3,(H2,16,17,18,19,20). The topological polar surface area (TPSA) is 66.0 Å². The molecule has 0 bridgehead atoms. The maximum Gasteiger partial charge on any atom is 0.231 e. The minimum atomic E-state index is 0.351. The van der Waals surface area contributed by atoms with Crippen LogP contribution in [0, 0.1) is 5.92 Å². The number of rotatable bonds is 9. The molecule has 0 amide bonds. The molecule has 0 aliphatic heterocycles. The predicted octanol–water partition coefficient (Wildman–Crippen LogP) is 3.00. The highest BCUT2D eigenvalue weighted by atomic mass is 15.3. The molecule has 2 N–H and O–H groups in total. The molecule has 0 saturated carbocycles. The summed E-state index contributed by atoms with van der Waals surface area (Å²) >= 11 is 0. The Morgan fingerprint density at radius 3 is 2.24 bits per heavy atom. The number of aromatic nitrogens is 3. The van der Waals surface area contributed by atoms with Gasteiger partial charge in [-0.25, -0.2) is 0 Å². The molecule has 1 heterocycles. The summed E-state index contributed by atoms with van der Waals surface area (Å²) in [5.74, 6) is 2.66. The van der Waals surface area contributed by atoms with E-state index in [2.05, 4.69) is 53.3 Å². The Kier molecular flexibility index (Phi) is 7.19. The van der Waals surface area contributed by atoms with Crippen LogP contribution in [0.15, 0.2) is 0 Å². The van der Waals surface area contributed by atoms with Crippen molar-refractivity contribution in [2.24, 2.45) is 5.92 Å². The molecule has 0 aromatic carbocycles. The molecule has 0 fully saturated rings. The summed E-state index contributed by atoms with van der Waals surface area (Å²) < 4.78 is 0. The van der Waals surface area contributed by atoms with Gasteiger partial charge in [0.15, 0.2) is 0 Å². The Balaban J connectivity index is 2.77. The Labute approximate surface area is 128 Å². The summed E-state index contributed by atoms with van der Waals surface area (Å²) in [6.07, 6.45) is 3.34. The van der Waals surface area contributed by atoms with Crippen LogP contribution in [0.2, 0.25) is 0 Å². The molecule has 1 unspecified atom stereocenters. The minimum Gasteiger partial charge on any atom is -0.354 e. The Morgan fingerprint density at radius 1 is 1.00 bits per heavy atom. The first-order valence-electron chi connectivity index (χ1n) is 7.86. The SMILES string of the molecule is CCCNc1nc(NC(C)CCC(C)C)nc(N(C)C)n1. The fourth-order valence-corrected chi connectivity index (χ4v) is 1.82. The number of nitrogens with zero attached hydrogens (tertiary/aromatic N) is 4. The zero-order chi connectivity index (χ0) is 15.8. The smallest absolute Gasteiger partial charge is 0.231 e. The van der Waals surface area contributed by atoms with E-state index in [0.29, 0.717) is 29.8 Å². The largest absolute Gasteiger partial charge is 0.354 e. The van der Waals surface area contributed by atoms with Gasteiger partial charge in [0.05, 0.1) is 0 Å². The molecule has 0 aliphatic carbocycles. The van der Waals surface area contributed by atoms with Gasteiger partial charge >= 0.3 is 0 Å². The number of hydrogen-bond donors (Lipinski definition) is 2. The van der Waals surface area contributed by atoms with Gasteiger partial charge in [-0.2, -0.15) is 15.0 Å². The Hall–Kier alpha value is -1.59. The van der Waals surface area contributed by atoms with E-state index < -0.39 is 0 Å². The molecule has 6 nitrogen and oxygen atoms in total. The van der Waals surface area contributed by atoms with E-state index in [1.165, 1.54) is 6.42 Å². The van der Waals surface area contributed by atoms with Crippen molar-refractivity contribution in [1.29, 1.82) is 0 Å². The van der Waals surface area contributed by atoms with Gasteiger partial charge in [-0.05, 0) is 32.1 Å². The third kappa shape index (κ3) is 6.60. The van der Waals surface area contributed by atoms with E-state index in [1.54, 1.807) is 0 Å². The maximum atomic E-state index is 4.46. The van der Waals surface area contributed by atoms with Gasteiger partial charge in [0.25, 0.3) is 0 Å². The van der Waals surface area contributed by atoms with Crippen LogP contribution in [0.5, 0.6) is 0 Å². The summed E-state index contributed by atoms with van der Waals surface area (Å²) in [7, 11) is 3.87. The van der Waals surface area contributed by atoms with E-state index in [0.717, 1.165) is 19.4 Å². The molecule has 1 atom stereocenters. The third-order valence-electron chi connectivity index (χ3n) is 3.11. The molecular formula is C15H30N6. The molecule has 6 heteroatoms. The number of hydrogen-bond acceptors (Lipinski definition) is 6. The summed E-state index contributed by atoms with van der Waals surface area (Å²) in [5.41, 5.74) is 0. The van der Waals surface area contributed by atoms with Crippen molar-refractivity contribution in [3.05, 3.63) is 0 Å². The molecule has 0 saturated heterocycles. The fraction of sp³-hybridized carbons (Fsp3) is 0.800. The van der Waals surface area contributed by atoms with Crippen LogP contribution in [0.3, 0.4) is 0 Å². The Morgan fingerprint density at radius 2 is 1.67 bits per heavy atom. The van der Waals surface area contributed by atoms with Crippen molar-refractivity contribution in [3.63, 3.8) is 0 Å². The first-order valence-corrected chi connectivity index (χ1v) is 7.86. The lowest BCUT2D eigenvalue weighted by molar-refractivity contribution is 0.526. The molecule has 1 aromatic heterocycles. The molecule has 0 radical (unpaired) electrons. The summed E-state index contributed by atoms with van der Waals surface area (Å²) in [4.78, 5) is 15.2. The first-order chi connectivity index (χ1) is 9.92. The van der Waals surface area contributed by atoms with E-state index in [9.17, 15) is 0 Å². The van der Waals surface area contributed by atoms with Crippen molar-refractivity contribution < 1.29 is 0 Å². The van der Waals surface area contributed by atoms with E-state index in [1.807, 2.05) is 19.0 Å². The Bertz CT molecular complexity index is 419. The average Bonchev–Trinajstić information content (AvgIpc) is 2.42. The van der Waals surface area contributed by atoms with Crippen LogP contribution < -0.4 is 15.5 Å². The monoisotopic (exact) mass is 294 g/mol. The second-order valence-electron chi connectivity index (χ2n) is 6.12. The second kappa shape index (κ2) is 8.64. The van der Waals surface area contributed by atoms with Gasteiger partial charge in [0, 0.05) is 26.7 Å². The van der Waals surface area contributed by atoms with Gasteiger partial charge in [-0.1, -0.05) is 20.8 Å². The molecule has 120 valence electrons. The third-order valence-corrected chi connectivity index (χ3v) is 3.11. The zero-order valence-corrected chi connectivity index (χ0v) is 14.3. The normalized spacial score (nSPS) is 12.3. The van der Waals surface area contributed by atoms with Crippen molar-refractivity contribution in [2.75, 3.05) is 36.2 Å². The quantitative estimate of drug-likeness (QED) is 0.730. The highest BCUT2D eigenvalue weighted by molar-refractivity contribution is 5.43. The van der Waals surface area contributed by atoms with Crippen LogP contribution in [-0.2, 0) is 0 Å². The van der Waals surface area contributed by atoms with E-state index >= 15 is 0 Å². The predicted molar refractivity (Wildman–Crippen MR) is 90.1 cm³/mol. The molecule has 0 aliphatic rings. The number of nitrogens with one attached hydrogen (secondary N) is 2. The van der Waals surface area contributed by atoms with Gasteiger partial charge < -0.3 is 15.5 Å². The highest BCUT2D eigenvalue weighted by Crippen LogP contribution is 2.14. The van der Waals surface area contributed by atoms with Gasteiger partial charge in [-0.15, -0.1) is 0 Å². The van der Waals surface area contributed by atoms with Gasteiger partial charge in [0.2, 0.25) is 17.8 Å². The van der Waals surface area contributed by atoms with Crippen LogP contribution in [0.4, 0.5) is 17.8 Å². The highest BCUT2D eigenvalue weighted by Gasteiger charge is 2.10. The van der Waals surface area contributed by atoms with Crippen LogP contribution >= 0.6 is 0 Å². The summed E-state index contributed by atoms with van der Waals surface area (Å²) in [6.45, 7) is 9.63. The second-order valence-corrected chi connectivity index (χ2v) is 6.12. The van der Waals surface area contributed by atoms with E-state index in [4.69, 9.17) is 0 Å². The van der Waals surface area contributed by atoms with Crippen molar-refractivity contribution in [1.82, 2.24) is 15.0 Å². The number of anilines is 3. The first kappa shape index (κ1) is 17.5. The molecule has 1 rings (SSSR count). The van der Waals surface area contributed by atoms with Gasteiger partial charge in [-0.3, -0.25) is 0 Å². The van der Waals surface area contributed by atoms with E-state index in [-0.39, 0.29) is 0 Å². The van der Waals surface area contributed by atoms with Crippen LogP contribution in [-0.4, -0.2) is 41.6 Å². The minimum absolute atomic E-state index is 0.351. The van der Waals surface area contributed by atoms with Crippen LogP contribution in [0.1, 0.15) is 47.0 Å². The maximum absolute atomic E-state index is 4.46. The lowest BCUT2D eigenvalue weighted by Gasteiger charge is -2.17. The summed E-state index contributed by atoms with van der Waals surface area (Å²) in [6, 6.07) is 0.351. The van der Waals surface area contributed by atoms with Crippen molar-refractivity contribution in [3.8, 4) is 0 Å². The molecular weight excluding hydrogens is 264 g/mol. The summed E-state index contributed by atoms with van der Waals surface area (Å²) in [5, 5.41) is 6.61. The van der Waals surface area contributed by atoms with Crippen molar-refractivity contribution >= 4 is 17.8 Å². The fourth-order valence-electron chi connectivity index (χ4n) is 1.82. The lowest BCUT2D eigenvalue weighted by atomic mass is 10.0. The zero-order valence-electron chi connectivity index (χ0n) is 14.3. The molecule has 0 spiro atoms. The van der Waals surface area contributed by atoms with Crippen LogP contribution in [0.25, 0.3) is 0 Å². The van der Waals surface area contributed by atoms with Gasteiger partial charge in [0.1, 0.15) is 0 Å². The molecule has 21 heavy (non-hydrogen) atoms. The van der Waals surface area contributed by atoms with Crippen molar-refractivity contribution in [2.45, 2.75) is 53.0 Å². The average molecular weight is 294 g/mol. The lowest BCUT2D eigenvalue weighted by Crippen LogP contribution is -2.21. The molecule has 1 aromatic rings.